The molecule has 0 unspecified atom stereocenters. The molecular formula is C24H25BrN2O5. The van der Waals surface area contributed by atoms with E-state index in [1.807, 2.05) is 26.8 Å². The number of rotatable bonds is 8. The summed E-state index contributed by atoms with van der Waals surface area (Å²) in [5.74, 6) is -2.31. The van der Waals surface area contributed by atoms with Crippen molar-refractivity contribution in [1.29, 1.82) is 0 Å². The van der Waals surface area contributed by atoms with E-state index in [-0.39, 0.29) is 17.5 Å². The van der Waals surface area contributed by atoms with Crippen LogP contribution in [0.4, 0.5) is 5.69 Å². The summed E-state index contributed by atoms with van der Waals surface area (Å²) in [5, 5.41) is 2.73. The number of esters is 1. The molecule has 0 aliphatic carbocycles. The van der Waals surface area contributed by atoms with Crippen molar-refractivity contribution in [2.75, 3.05) is 11.9 Å². The Morgan fingerprint density at radius 1 is 1.03 bits per heavy atom. The van der Waals surface area contributed by atoms with Crippen LogP contribution in [0.25, 0.3) is 0 Å². The van der Waals surface area contributed by atoms with E-state index in [9.17, 15) is 19.2 Å². The molecule has 1 N–H and O–H groups in total. The van der Waals surface area contributed by atoms with Gasteiger partial charge in [0.15, 0.2) is 6.61 Å². The van der Waals surface area contributed by atoms with E-state index in [1.54, 1.807) is 30.3 Å². The minimum Gasteiger partial charge on any atom is -0.454 e. The number of anilines is 1. The van der Waals surface area contributed by atoms with Gasteiger partial charge in [0.2, 0.25) is 0 Å². The molecular weight excluding hydrogens is 476 g/mol. The van der Waals surface area contributed by atoms with Gasteiger partial charge < -0.3 is 10.1 Å². The largest absolute Gasteiger partial charge is 0.454 e. The summed E-state index contributed by atoms with van der Waals surface area (Å²) < 4.78 is 6.16. The van der Waals surface area contributed by atoms with E-state index in [1.165, 1.54) is 0 Å². The highest BCUT2D eigenvalue weighted by Gasteiger charge is 2.43. The van der Waals surface area contributed by atoms with Gasteiger partial charge >= 0.3 is 5.97 Å². The summed E-state index contributed by atoms with van der Waals surface area (Å²) >= 11 is 3.44. The molecule has 3 rings (SSSR count). The second-order valence-electron chi connectivity index (χ2n) is 7.68. The summed E-state index contributed by atoms with van der Waals surface area (Å²) in [5.41, 5.74) is 3.04. The molecule has 0 bridgehead atoms. The summed E-state index contributed by atoms with van der Waals surface area (Å²) in [4.78, 5) is 51.8. The SMILES string of the molecule is CCCC[C@@H](C(=O)OCC(=O)Nc1ccc(Br)c(C)c1C)N1C(=O)c2ccccc2C1=O. The third-order valence-corrected chi connectivity index (χ3v) is 6.44. The minimum atomic E-state index is -1.08. The number of imide groups is 1. The molecule has 0 spiro atoms. The second kappa shape index (κ2) is 10.1. The number of fused-ring (bicyclic) bond motifs is 1. The third kappa shape index (κ3) is 4.75. The van der Waals surface area contributed by atoms with Crippen LogP contribution in [0.1, 0.15) is 58.0 Å². The number of amides is 3. The molecule has 0 saturated heterocycles. The van der Waals surface area contributed by atoms with E-state index in [0.29, 0.717) is 12.1 Å². The molecule has 2 aromatic rings. The Balaban J connectivity index is 1.69. The lowest BCUT2D eigenvalue weighted by molar-refractivity contribution is -0.151. The van der Waals surface area contributed by atoms with Crippen LogP contribution in [-0.4, -0.2) is 41.2 Å². The van der Waals surface area contributed by atoms with Gasteiger partial charge in [-0.05, 0) is 55.7 Å². The molecule has 3 amide bonds. The molecule has 1 heterocycles. The number of carbonyl (C=O) groups is 4. The van der Waals surface area contributed by atoms with E-state index in [2.05, 4.69) is 21.2 Å². The normalized spacial score (nSPS) is 13.7. The second-order valence-corrected chi connectivity index (χ2v) is 8.54. The summed E-state index contributed by atoms with van der Waals surface area (Å²) in [7, 11) is 0. The van der Waals surface area contributed by atoms with Crippen molar-refractivity contribution >= 4 is 45.3 Å². The Hall–Kier alpha value is -3.00. The van der Waals surface area contributed by atoms with Gasteiger partial charge in [0.1, 0.15) is 6.04 Å². The average Bonchev–Trinajstić information content (AvgIpc) is 3.04. The molecule has 0 aromatic heterocycles. The van der Waals surface area contributed by atoms with Crippen molar-refractivity contribution < 1.29 is 23.9 Å². The first-order valence-electron chi connectivity index (χ1n) is 10.4. The van der Waals surface area contributed by atoms with Crippen molar-refractivity contribution in [2.45, 2.75) is 46.1 Å². The topological polar surface area (TPSA) is 92.8 Å². The molecule has 8 heteroatoms. The lowest BCUT2D eigenvalue weighted by Crippen LogP contribution is -2.46. The molecule has 7 nitrogen and oxygen atoms in total. The average molecular weight is 501 g/mol. The van der Waals surface area contributed by atoms with E-state index in [4.69, 9.17) is 4.74 Å². The van der Waals surface area contributed by atoms with Crippen molar-refractivity contribution in [3.05, 3.63) is 63.1 Å². The molecule has 2 aromatic carbocycles. The predicted octanol–water partition coefficient (Wildman–Crippen LogP) is 4.40. The number of hydrogen-bond donors (Lipinski definition) is 1. The zero-order valence-corrected chi connectivity index (χ0v) is 19.8. The monoisotopic (exact) mass is 500 g/mol. The van der Waals surface area contributed by atoms with Crippen LogP contribution in [0.3, 0.4) is 0 Å². The number of nitrogens with one attached hydrogen (secondary N) is 1. The fraction of sp³-hybridized carbons (Fsp3) is 0.333. The Kier molecular flexibility index (Phi) is 7.45. The van der Waals surface area contributed by atoms with Gasteiger partial charge in [0.25, 0.3) is 17.7 Å². The van der Waals surface area contributed by atoms with Crippen molar-refractivity contribution in [1.82, 2.24) is 4.90 Å². The van der Waals surface area contributed by atoms with Crippen LogP contribution >= 0.6 is 15.9 Å². The maximum absolute atomic E-state index is 12.8. The summed E-state index contributed by atoms with van der Waals surface area (Å²) in [6, 6.07) is 8.97. The number of hydrogen-bond acceptors (Lipinski definition) is 5. The van der Waals surface area contributed by atoms with Gasteiger partial charge in [0, 0.05) is 10.2 Å². The van der Waals surface area contributed by atoms with Crippen LogP contribution in [-0.2, 0) is 14.3 Å². The first-order chi connectivity index (χ1) is 15.3. The Morgan fingerprint density at radius 3 is 2.25 bits per heavy atom. The fourth-order valence-corrected chi connectivity index (χ4v) is 4.01. The van der Waals surface area contributed by atoms with E-state index >= 15 is 0 Å². The molecule has 0 fully saturated rings. The van der Waals surface area contributed by atoms with Crippen molar-refractivity contribution in [2.24, 2.45) is 0 Å². The quantitative estimate of drug-likeness (QED) is 0.428. The number of benzene rings is 2. The van der Waals surface area contributed by atoms with Gasteiger partial charge in [-0.3, -0.25) is 19.3 Å². The first-order valence-corrected chi connectivity index (χ1v) is 11.2. The lowest BCUT2D eigenvalue weighted by Gasteiger charge is -2.24. The molecule has 168 valence electrons. The van der Waals surface area contributed by atoms with Gasteiger partial charge in [-0.1, -0.05) is 47.8 Å². The molecule has 0 radical (unpaired) electrons. The van der Waals surface area contributed by atoms with E-state index in [0.717, 1.165) is 26.9 Å². The summed E-state index contributed by atoms with van der Waals surface area (Å²) in [6.07, 6.45) is 1.67. The zero-order valence-electron chi connectivity index (χ0n) is 18.2. The summed E-state index contributed by atoms with van der Waals surface area (Å²) in [6.45, 7) is 5.24. The predicted molar refractivity (Wildman–Crippen MR) is 123 cm³/mol. The van der Waals surface area contributed by atoms with Crippen LogP contribution in [0.2, 0.25) is 0 Å². The maximum Gasteiger partial charge on any atom is 0.329 e. The number of carbonyl (C=O) groups excluding carboxylic acids is 4. The molecule has 0 saturated carbocycles. The number of ether oxygens (including phenoxy) is 1. The Bertz CT molecular complexity index is 1050. The van der Waals surface area contributed by atoms with Crippen LogP contribution in [0, 0.1) is 13.8 Å². The van der Waals surface area contributed by atoms with Gasteiger partial charge in [-0.2, -0.15) is 0 Å². The zero-order chi connectivity index (χ0) is 23.4. The lowest BCUT2D eigenvalue weighted by atomic mass is 10.1. The highest BCUT2D eigenvalue weighted by atomic mass is 79.9. The van der Waals surface area contributed by atoms with Gasteiger partial charge in [-0.25, -0.2) is 4.79 Å². The maximum atomic E-state index is 12.8. The molecule has 1 aliphatic heterocycles. The van der Waals surface area contributed by atoms with Crippen molar-refractivity contribution in [3.8, 4) is 0 Å². The molecule has 32 heavy (non-hydrogen) atoms. The van der Waals surface area contributed by atoms with Crippen LogP contribution in [0.15, 0.2) is 40.9 Å². The van der Waals surface area contributed by atoms with Crippen LogP contribution in [0.5, 0.6) is 0 Å². The molecule has 1 aliphatic rings. The van der Waals surface area contributed by atoms with Gasteiger partial charge in [0.05, 0.1) is 11.1 Å². The van der Waals surface area contributed by atoms with Crippen molar-refractivity contribution in [3.63, 3.8) is 0 Å². The van der Waals surface area contributed by atoms with Gasteiger partial charge in [-0.15, -0.1) is 0 Å². The Labute approximate surface area is 195 Å². The Morgan fingerprint density at radius 2 is 1.66 bits per heavy atom. The molecule has 1 atom stereocenters. The first kappa shape index (κ1) is 23.7. The smallest absolute Gasteiger partial charge is 0.329 e. The number of nitrogens with zero attached hydrogens (tertiary/aromatic N) is 1. The fourth-order valence-electron chi connectivity index (χ4n) is 3.58. The number of halogens is 1. The van der Waals surface area contributed by atoms with E-state index < -0.39 is 36.3 Å². The highest BCUT2D eigenvalue weighted by Crippen LogP contribution is 2.27. The minimum absolute atomic E-state index is 0.269. The number of unbranched alkanes of at least 4 members (excludes halogenated alkanes) is 1. The third-order valence-electron chi connectivity index (χ3n) is 5.58. The highest BCUT2D eigenvalue weighted by molar-refractivity contribution is 9.10. The van der Waals surface area contributed by atoms with Crippen LogP contribution < -0.4 is 5.32 Å². The standard InChI is InChI=1S/C24H25BrN2O5/c1-4-5-10-20(27-22(29)16-8-6-7-9-17(16)23(27)30)24(31)32-13-21(28)26-19-12-11-18(25)14(2)15(19)3/h6-9,11-12,20H,4-5,10,13H2,1-3H3,(H,26,28)/t20-/m0/s1.